The summed E-state index contributed by atoms with van der Waals surface area (Å²) in [5, 5.41) is 28.0. The highest BCUT2D eigenvalue weighted by Crippen LogP contribution is 2.17. The largest absolute Gasteiger partial charge is 0.394 e. The van der Waals surface area contributed by atoms with Crippen molar-refractivity contribution in [3.05, 3.63) is 0 Å². The Morgan fingerprint density at radius 3 is 1.69 bits per heavy atom. The Bertz CT molecular complexity index is 165. The third kappa shape index (κ3) is 3.21. The molecule has 13 heavy (non-hydrogen) atoms. The van der Waals surface area contributed by atoms with Crippen LogP contribution in [0.3, 0.4) is 0 Å². The van der Waals surface area contributed by atoms with Crippen LogP contribution in [0.25, 0.3) is 0 Å². The fraction of sp³-hybridized carbons (Fsp3) is 1.00. The molecule has 0 aliphatic carbocycles. The zero-order valence-corrected chi connectivity index (χ0v) is 8.36. The Kier molecular flexibility index (Phi) is 3.83. The van der Waals surface area contributed by atoms with Crippen LogP contribution in [0, 0.1) is 0 Å². The maximum atomic E-state index is 9.57. The molecule has 3 atom stereocenters. The van der Waals surface area contributed by atoms with Gasteiger partial charge in [0.25, 0.3) is 0 Å². The molecular formula is C8H20N2O3. The Morgan fingerprint density at radius 2 is 1.46 bits per heavy atom. The summed E-state index contributed by atoms with van der Waals surface area (Å²) in [5.41, 5.74) is 8.94. The van der Waals surface area contributed by atoms with Gasteiger partial charge >= 0.3 is 0 Å². The summed E-state index contributed by atoms with van der Waals surface area (Å²) < 4.78 is 0. The lowest BCUT2D eigenvalue weighted by Crippen LogP contribution is -2.63. The van der Waals surface area contributed by atoms with Gasteiger partial charge in [-0.25, -0.2) is 0 Å². The van der Waals surface area contributed by atoms with Crippen molar-refractivity contribution in [2.45, 2.75) is 44.1 Å². The molecule has 3 unspecified atom stereocenters. The van der Waals surface area contributed by atoms with Crippen LogP contribution in [0.15, 0.2) is 0 Å². The SMILES string of the molecule is CC(C)(N)C(O)C(O)C(C)(N)CO. The molecule has 0 saturated carbocycles. The molecule has 0 aromatic heterocycles. The summed E-state index contributed by atoms with van der Waals surface area (Å²) in [6.45, 7) is 4.19. The molecule has 0 bridgehead atoms. The summed E-state index contributed by atoms with van der Waals surface area (Å²) in [4.78, 5) is 0. The maximum absolute atomic E-state index is 9.57. The number of hydrogen-bond donors (Lipinski definition) is 5. The first-order valence-electron chi connectivity index (χ1n) is 4.17. The topological polar surface area (TPSA) is 113 Å². The van der Waals surface area contributed by atoms with Gasteiger partial charge in [0.2, 0.25) is 0 Å². The first-order chi connectivity index (χ1) is 5.63. The lowest BCUT2D eigenvalue weighted by molar-refractivity contribution is -0.0659. The van der Waals surface area contributed by atoms with Crippen molar-refractivity contribution in [1.82, 2.24) is 0 Å². The van der Waals surface area contributed by atoms with E-state index in [0.717, 1.165) is 0 Å². The average molecular weight is 192 g/mol. The zero-order valence-electron chi connectivity index (χ0n) is 8.36. The van der Waals surface area contributed by atoms with Gasteiger partial charge in [0.1, 0.15) is 6.10 Å². The molecule has 0 aliphatic heterocycles. The van der Waals surface area contributed by atoms with E-state index in [2.05, 4.69) is 0 Å². The average Bonchev–Trinajstić information content (AvgIpc) is 2.00. The molecule has 0 aromatic rings. The van der Waals surface area contributed by atoms with Gasteiger partial charge in [-0.05, 0) is 20.8 Å². The van der Waals surface area contributed by atoms with Crippen molar-refractivity contribution >= 4 is 0 Å². The molecule has 5 nitrogen and oxygen atoms in total. The van der Waals surface area contributed by atoms with Crippen molar-refractivity contribution in [3.63, 3.8) is 0 Å². The van der Waals surface area contributed by atoms with Crippen LogP contribution >= 0.6 is 0 Å². The molecule has 0 aromatic carbocycles. The van der Waals surface area contributed by atoms with Crippen molar-refractivity contribution in [1.29, 1.82) is 0 Å². The second-order valence-corrected chi connectivity index (χ2v) is 4.37. The molecule has 0 saturated heterocycles. The maximum Gasteiger partial charge on any atom is 0.102 e. The summed E-state index contributed by atoms with van der Waals surface area (Å²) in [6, 6.07) is 0. The van der Waals surface area contributed by atoms with Gasteiger partial charge in [-0.15, -0.1) is 0 Å². The molecular weight excluding hydrogens is 172 g/mol. The summed E-state index contributed by atoms with van der Waals surface area (Å²) >= 11 is 0. The minimum Gasteiger partial charge on any atom is -0.394 e. The third-order valence-corrected chi connectivity index (χ3v) is 2.08. The van der Waals surface area contributed by atoms with Crippen LogP contribution < -0.4 is 11.5 Å². The molecule has 7 N–H and O–H groups in total. The highest BCUT2D eigenvalue weighted by atomic mass is 16.3. The predicted molar refractivity (Wildman–Crippen MR) is 50.0 cm³/mol. The smallest absolute Gasteiger partial charge is 0.102 e. The van der Waals surface area contributed by atoms with E-state index in [0.29, 0.717) is 0 Å². The molecule has 0 radical (unpaired) electrons. The highest BCUT2D eigenvalue weighted by Gasteiger charge is 2.39. The number of aliphatic hydroxyl groups is 3. The number of rotatable bonds is 4. The van der Waals surface area contributed by atoms with Crippen LogP contribution in [-0.4, -0.2) is 45.2 Å². The fourth-order valence-corrected chi connectivity index (χ4v) is 0.861. The molecule has 5 heteroatoms. The fourth-order valence-electron chi connectivity index (χ4n) is 0.861. The first kappa shape index (κ1) is 12.8. The minimum absolute atomic E-state index is 0.415. The molecule has 0 fully saturated rings. The molecule has 0 aliphatic rings. The van der Waals surface area contributed by atoms with Crippen LogP contribution in [0.2, 0.25) is 0 Å². The predicted octanol–water partition coefficient (Wildman–Crippen LogP) is -1.84. The lowest BCUT2D eigenvalue weighted by Gasteiger charge is -2.37. The monoisotopic (exact) mass is 192 g/mol. The second kappa shape index (κ2) is 3.89. The molecule has 0 spiro atoms. The van der Waals surface area contributed by atoms with Gasteiger partial charge in [-0.3, -0.25) is 0 Å². The van der Waals surface area contributed by atoms with Crippen LogP contribution in [-0.2, 0) is 0 Å². The summed E-state index contributed by atoms with van der Waals surface area (Å²) in [6.07, 6.45) is -2.42. The van der Waals surface area contributed by atoms with Crippen LogP contribution in [0.4, 0.5) is 0 Å². The molecule has 0 rings (SSSR count). The van der Waals surface area contributed by atoms with Gasteiger partial charge in [-0.2, -0.15) is 0 Å². The van der Waals surface area contributed by atoms with Gasteiger partial charge in [0, 0.05) is 5.54 Å². The third-order valence-electron chi connectivity index (χ3n) is 2.08. The van der Waals surface area contributed by atoms with E-state index in [9.17, 15) is 10.2 Å². The Hall–Kier alpha value is -0.200. The first-order valence-corrected chi connectivity index (χ1v) is 4.17. The van der Waals surface area contributed by atoms with Crippen molar-refractivity contribution in [2.75, 3.05) is 6.61 Å². The number of hydrogen-bond acceptors (Lipinski definition) is 5. The van der Waals surface area contributed by atoms with Crippen molar-refractivity contribution in [2.24, 2.45) is 11.5 Å². The van der Waals surface area contributed by atoms with E-state index in [1.807, 2.05) is 0 Å². The van der Waals surface area contributed by atoms with Crippen LogP contribution in [0.1, 0.15) is 20.8 Å². The van der Waals surface area contributed by atoms with E-state index in [1.54, 1.807) is 13.8 Å². The van der Waals surface area contributed by atoms with E-state index in [1.165, 1.54) is 6.92 Å². The van der Waals surface area contributed by atoms with Gasteiger partial charge < -0.3 is 26.8 Å². The highest BCUT2D eigenvalue weighted by molar-refractivity contribution is 4.98. The van der Waals surface area contributed by atoms with E-state index in [-0.39, 0.29) is 0 Å². The van der Waals surface area contributed by atoms with E-state index >= 15 is 0 Å². The zero-order chi connectivity index (χ0) is 10.9. The Morgan fingerprint density at radius 1 is 1.08 bits per heavy atom. The molecule has 80 valence electrons. The quantitative estimate of drug-likeness (QED) is 0.359. The van der Waals surface area contributed by atoms with Gasteiger partial charge in [0.05, 0.1) is 18.2 Å². The van der Waals surface area contributed by atoms with Crippen molar-refractivity contribution < 1.29 is 15.3 Å². The molecule has 0 heterocycles. The van der Waals surface area contributed by atoms with Crippen LogP contribution in [0.5, 0.6) is 0 Å². The van der Waals surface area contributed by atoms with Crippen molar-refractivity contribution in [3.8, 4) is 0 Å². The second-order valence-electron chi connectivity index (χ2n) is 4.37. The standard InChI is InChI=1S/C8H20N2O3/c1-7(2,9)5(12)6(13)8(3,10)4-11/h5-6,11-13H,4,9-10H2,1-3H3. The summed E-state index contributed by atoms with van der Waals surface area (Å²) in [5.74, 6) is 0. The Balaban J connectivity index is 4.52. The number of nitrogens with two attached hydrogens (primary N) is 2. The van der Waals surface area contributed by atoms with E-state index < -0.39 is 29.9 Å². The normalized spacial score (nSPS) is 22.2. The molecule has 0 amide bonds. The minimum atomic E-state index is -1.25. The van der Waals surface area contributed by atoms with E-state index in [4.69, 9.17) is 16.6 Å². The Labute approximate surface area is 78.4 Å². The lowest BCUT2D eigenvalue weighted by atomic mass is 9.84. The number of aliphatic hydroxyl groups excluding tert-OH is 3. The van der Waals surface area contributed by atoms with Gasteiger partial charge in [0.15, 0.2) is 0 Å². The summed E-state index contributed by atoms with van der Waals surface area (Å²) in [7, 11) is 0. The van der Waals surface area contributed by atoms with Gasteiger partial charge in [-0.1, -0.05) is 0 Å².